The Labute approximate surface area is 118 Å². The van der Waals surface area contributed by atoms with Crippen LogP contribution in [0.25, 0.3) is 0 Å². The van der Waals surface area contributed by atoms with Crippen molar-refractivity contribution >= 4 is 5.91 Å². The van der Waals surface area contributed by atoms with Crippen molar-refractivity contribution in [2.24, 2.45) is 23.5 Å². The summed E-state index contributed by atoms with van der Waals surface area (Å²) in [7, 11) is 2.10. The Kier molecular flexibility index (Phi) is 6.80. The Balaban J connectivity index is 2.47. The number of hydrogen-bond acceptors (Lipinski definition) is 3. The van der Waals surface area contributed by atoms with Gasteiger partial charge in [-0.15, -0.1) is 0 Å². The minimum Gasteiger partial charge on any atom is -0.340 e. The lowest BCUT2D eigenvalue weighted by Gasteiger charge is -2.35. The van der Waals surface area contributed by atoms with Crippen molar-refractivity contribution < 1.29 is 4.79 Å². The summed E-state index contributed by atoms with van der Waals surface area (Å²) in [5, 5.41) is 0. The van der Waals surface area contributed by atoms with E-state index in [9.17, 15) is 4.79 Å². The van der Waals surface area contributed by atoms with E-state index in [1.54, 1.807) is 0 Å². The van der Waals surface area contributed by atoms with Crippen LogP contribution in [-0.2, 0) is 4.79 Å². The van der Waals surface area contributed by atoms with E-state index >= 15 is 0 Å². The first kappa shape index (κ1) is 16.4. The molecule has 1 saturated heterocycles. The number of nitrogens with two attached hydrogens (primary N) is 1. The number of rotatable bonds is 6. The topological polar surface area (TPSA) is 49.6 Å². The van der Waals surface area contributed by atoms with Crippen LogP contribution in [0.5, 0.6) is 0 Å². The fourth-order valence-electron chi connectivity index (χ4n) is 2.97. The van der Waals surface area contributed by atoms with Crippen molar-refractivity contribution in [2.45, 2.75) is 33.6 Å². The Morgan fingerprint density at radius 1 is 1.11 bits per heavy atom. The van der Waals surface area contributed by atoms with Crippen molar-refractivity contribution in [1.29, 1.82) is 0 Å². The van der Waals surface area contributed by atoms with E-state index in [1.165, 1.54) is 6.42 Å². The summed E-state index contributed by atoms with van der Waals surface area (Å²) in [6.45, 7) is 10.8. The lowest BCUT2D eigenvalue weighted by Crippen LogP contribution is -2.50. The van der Waals surface area contributed by atoms with Crippen molar-refractivity contribution in [3.05, 3.63) is 0 Å². The molecule has 0 spiro atoms. The van der Waals surface area contributed by atoms with Crippen LogP contribution in [0.2, 0.25) is 0 Å². The van der Waals surface area contributed by atoms with Gasteiger partial charge in [-0.3, -0.25) is 4.79 Å². The van der Waals surface area contributed by atoms with Crippen molar-refractivity contribution in [3.8, 4) is 0 Å². The Morgan fingerprint density at radius 3 is 2.16 bits per heavy atom. The molecule has 1 aliphatic rings. The number of likely N-dealkylation sites (N-methyl/N-ethyl adjacent to an activating group) is 1. The van der Waals surface area contributed by atoms with Gasteiger partial charge in [0, 0.05) is 32.7 Å². The summed E-state index contributed by atoms with van der Waals surface area (Å²) < 4.78 is 0. The molecule has 0 aliphatic carbocycles. The van der Waals surface area contributed by atoms with Crippen molar-refractivity contribution in [3.63, 3.8) is 0 Å². The van der Waals surface area contributed by atoms with Crippen molar-refractivity contribution in [1.82, 2.24) is 9.80 Å². The summed E-state index contributed by atoms with van der Waals surface area (Å²) in [6.07, 6.45) is 2.10. The van der Waals surface area contributed by atoms with Crippen LogP contribution in [0.3, 0.4) is 0 Å². The first-order chi connectivity index (χ1) is 8.93. The van der Waals surface area contributed by atoms with Crippen LogP contribution in [-0.4, -0.2) is 55.5 Å². The Hall–Kier alpha value is -0.610. The van der Waals surface area contributed by atoms with Gasteiger partial charge >= 0.3 is 0 Å². The highest BCUT2D eigenvalue weighted by atomic mass is 16.2. The van der Waals surface area contributed by atoms with Gasteiger partial charge in [-0.2, -0.15) is 0 Å². The molecule has 1 aliphatic heterocycles. The second kappa shape index (κ2) is 7.85. The van der Waals surface area contributed by atoms with Gasteiger partial charge in [0.1, 0.15) is 0 Å². The van der Waals surface area contributed by atoms with E-state index in [-0.39, 0.29) is 11.8 Å². The monoisotopic (exact) mass is 269 g/mol. The van der Waals surface area contributed by atoms with E-state index < -0.39 is 0 Å². The highest BCUT2D eigenvalue weighted by Gasteiger charge is 2.27. The minimum atomic E-state index is 0.0113. The largest absolute Gasteiger partial charge is 0.340 e. The van der Waals surface area contributed by atoms with Crippen LogP contribution in [0.4, 0.5) is 0 Å². The number of amides is 1. The van der Waals surface area contributed by atoms with Gasteiger partial charge in [-0.05, 0) is 31.7 Å². The average Bonchev–Trinajstić information content (AvgIpc) is 2.35. The SMILES string of the molecule is CC(C)CC(C)CC(CN)C(=O)N1CCN(C)CC1. The van der Waals surface area contributed by atoms with Crippen LogP contribution in [0.15, 0.2) is 0 Å². The van der Waals surface area contributed by atoms with E-state index in [2.05, 4.69) is 32.7 Å². The first-order valence-corrected chi connectivity index (χ1v) is 7.61. The number of carbonyl (C=O) groups is 1. The molecule has 4 nitrogen and oxygen atoms in total. The van der Waals surface area contributed by atoms with E-state index in [1.807, 2.05) is 4.90 Å². The van der Waals surface area contributed by atoms with Crippen LogP contribution in [0.1, 0.15) is 33.6 Å². The molecule has 19 heavy (non-hydrogen) atoms. The molecule has 0 bridgehead atoms. The molecule has 1 heterocycles. The fourth-order valence-corrected chi connectivity index (χ4v) is 2.97. The second-order valence-corrected chi connectivity index (χ2v) is 6.53. The van der Waals surface area contributed by atoms with E-state index in [4.69, 9.17) is 5.73 Å². The second-order valence-electron chi connectivity index (χ2n) is 6.53. The Bertz CT molecular complexity index is 273. The molecular weight excluding hydrogens is 238 g/mol. The minimum absolute atomic E-state index is 0.0113. The third-order valence-electron chi connectivity index (χ3n) is 4.01. The molecule has 2 atom stereocenters. The molecule has 2 unspecified atom stereocenters. The molecule has 0 saturated carbocycles. The highest BCUT2D eigenvalue weighted by Crippen LogP contribution is 2.21. The lowest BCUT2D eigenvalue weighted by atomic mass is 9.88. The van der Waals surface area contributed by atoms with E-state index in [0.29, 0.717) is 18.4 Å². The zero-order valence-electron chi connectivity index (χ0n) is 13.1. The van der Waals surface area contributed by atoms with Gasteiger partial charge in [0.05, 0.1) is 5.92 Å². The fraction of sp³-hybridized carbons (Fsp3) is 0.933. The molecule has 2 N–H and O–H groups in total. The van der Waals surface area contributed by atoms with Gasteiger partial charge < -0.3 is 15.5 Å². The van der Waals surface area contributed by atoms with E-state index in [0.717, 1.165) is 32.6 Å². The summed E-state index contributed by atoms with van der Waals surface area (Å²) in [4.78, 5) is 16.8. The summed E-state index contributed by atoms with van der Waals surface area (Å²) >= 11 is 0. The van der Waals surface area contributed by atoms with Gasteiger partial charge in [-0.1, -0.05) is 20.8 Å². The molecular formula is C15H31N3O. The number of hydrogen-bond donors (Lipinski definition) is 1. The standard InChI is InChI=1S/C15H31N3O/c1-12(2)9-13(3)10-14(11-16)15(19)18-7-5-17(4)6-8-18/h12-14H,5-11,16H2,1-4H3. The smallest absolute Gasteiger partial charge is 0.227 e. The number of nitrogens with zero attached hydrogens (tertiary/aromatic N) is 2. The summed E-state index contributed by atoms with van der Waals surface area (Å²) in [5.74, 6) is 1.54. The van der Waals surface area contributed by atoms with Crippen LogP contribution < -0.4 is 5.73 Å². The predicted octanol–water partition coefficient (Wildman–Crippen LogP) is 1.41. The van der Waals surface area contributed by atoms with Crippen LogP contribution in [0, 0.1) is 17.8 Å². The third-order valence-corrected chi connectivity index (χ3v) is 4.01. The molecule has 1 amide bonds. The van der Waals surface area contributed by atoms with Gasteiger partial charge in [0.15, 0.2) is 0 Å². The van der Waals surface area contributed by atoms with Crippen LogP contribution >= 0.6 is 0 Å². The summed E-state index contributed by atoms with van der Waals surface area (Å²) in [6, 6.07) is 0. The first-order valence-electron chi connectivity index (χ1n) is 7.61. The maximum absolute atomic E-state index is 12.5. The molecule has 1 rings (SSSR count). The molecule has 112 valence electrons. The number of piperazine rings is 1. The predicted molar refractivity (Wildman–Crippen MR) is 79.9 cm³/mol. The normalized spacial score (nSPS) is 20.6. The highest BCUT2D eigenvalue weighted by molar-refractivity contribution is 5.79. The van der Waals surface area contributed by atoms with Gasteiger partial charge in [-0.25, -0.2) is 0 Å². The average molecular weight is 269 g/mol. The lowest BCUT2D eigenvalue weighted by molar-refractivity contribution is -0.137. The maximum Gasteiger partial charge on any atom is 0.227 e. The molecule has 0 aromatic carbocycles. The maximum atomic E-state index is 12.5. The van der Waals surface area contributed by atoms with Gasteiger partial charge in [0.2, 0.25) is 5.91 Å². The molecule has 0 radical (unpaired) electrons. The Morgan fingerprint density at radius 2 is 1.68 bits per heavy atom. The molecule has 4 heteroatoms. The quantitative estimate of drug-likeness (QED) is 0.793. The molecule has 0 aromatic heterocycles. The molecule has 0 aromatic rings. The zero-order valence-corrected chi connectivity index (χ0v) is 13.1. The third kappa shape index (κ3) is 5.49. The molecule has 1 fully saturated rings. The number of carbonyl (C=O) groups excluding carboxylic acids is 1. The van der Waals surface area contributed by atoms with Gasteiger partial charge in [0.25, 0.3) is 0 Å². The zero-order chi connectivity index (χ0) is 14.4. The van der Waals surface area contributed by atoms with Crippen molar-refractivity contribution in [2.75, 3.05) is 39.8 Å². The summed E-state index contributed by atoms with van der Waals surface area (Å²) in [5.41, 5.74) is 5.83.